The van der Waals surface area contributed by atoms with Crippen LogP contribution in [0.4, 0.5) is 11.4 Å². The first kappa shape index (κ1) is 19.0. The van der Waals surface area contributed by atoms with Gasteiger partial charge in [-0.25, -0.2) is 9.96 Å². The van der Waals surface area contributed by atoms with Crippen LogP contribution in [0, 0.1) is 5.92 Å². The highest BCUT2D eigenvalue weighted by Crippen LogP contribution is 2.47. The van der Waals surface area contributed by atoms with E-state index in [2.05, 4.69) is 0 Å². The lowest BCUT2D eigenvalue weighted by atomic mass is 9.90. The number of fused-ring (bicyclic) bond motifs is 1. The molecule has 3 atom stereocenters. The molecule has 0 bridgehead atoms. The van der Waals surface area contributed by atoms with Gasteiger partial charge in [-0.05, 0) is 35.4 Å². The third kappa shape index (κ3) is 3.06. The van der Waals surface area contributed by atoms with Gasteiger partial charge in [-0.3, -0.25) is 14.4 Å². The molecule has 2 fully saturated rings. The summed E-state index contributed by atoms with van der Waals surface area (Å²) in [6.45, 7) is 0. The quantitative estimate of drug-likeness (QED) is 0.609. The average Bonchev–Trinajstić information content (AvgIpc) is 3.31. The van der Waals surface area contributed by atoms with Crippen LogP contribution in [-0.2, 0) is 14.4 Å². The Morgan fingerprint density at radius 2 is 1.39 bits per heavy atom. The summed E-state index contributed by atoms with van der Waals surface area (Å²) in [5.41, 5.74) is 1.87. The van der Waals surface area contributed by atoms with Crippen molar-refractivity contribution in [2.75, 3.05) is 9.96 Å². The molecule has 0 aromatic heterocycles. The molecule has 0 aliphatic carbocycles. The van der Waals surface area contributed by atoms with Crippen molar-refractivity contribution in [3.05, 3.63) is 96.1 Å². The van der Waals surface area contributed by atoms with E-state index >= 15 is 0 Å². The van der Waals surface area contributed by atoms with Crippen LogP contribution in [0.15, 0.2) is 84.9 Å². The van der Waals surface area contributed by atoms with Crippen molar-refractivity contribution < 1.29 is 24.3 Å². The molecule has 3 aromatic rings. The number of aromatic carboxylic acids is 1. The third-order valence-corrected chi connectivity index (χ3v) is 5.63. The molecule has 31 heavy (non-hydrogen) atoms. The van der Waals surface area contributed by atoms with Gasteiger partial charge in [-0.2, -0.15) is 0 Å². The summed E-state index contributed by atoms with van der Waals surface area (Å²) in [6, 6.07) is 23.8. The summed E-state index contributed by atoms with van der Waals surface area (Å²) >= 11 is 0. The summed E-state index contributed by atoms with van der Waals surface area (Å²) in [6.07, 6.45) is -0.973. The smallest absolute Gasteiger partial charge is 0.266 e. The molecular weight excluding hydrogens is 396 g/mol. The molecule has 2 aliphatic heterocycles. The number of hydrogen-bond donors (Lipinski definition) is 0. The van der Waals surface area contributed by atoms with Crippen LogP contribution >= 0.6 is 0 Å². The maximum Gasteiger partial charge on any atom is 0.266 e. The summed E-state index contributed by atoms with van der Waals surface area (Å²) in [5, 5.41) is 12.6. The fourth-order valence-corrected chi connectivity index (χ4v) is 4.20. The Balaban J connectivity index is 1.54. The van der Waals surface area contributed by atoms with Gasteiger partial charge in [0.15, 0.2) is 6.10 Å². The number of carboxylic acid groups (broad SMARTS) is 1. The second kappa shape index (κ2) is 7.37. The van der Waals surface area contributed by atoms with Crippen LogP contribution in [0.1, 0.15) is 22.0 Å². The van der Waals surface area contributed by atoms with Crippen molar-refractivity contribution in [2.45, 2.75) is 12.1 Å². The summed E-state index contributed by atoms with van der Waals surface area (Å²) in [4.78, 5) is 44.8. The number of para-hydroxylation sites is 1. The van der Waals surface area contributed by atoms with E-state index in [1.54, 1.807) is 5.06 Å². The molecule has 0 N–H and O–H groups in total. The molecule has 2 amide bonds. The Hall–Kier alpha value is -3.97. The number of hydroxylamine groups is 1. The number of carboxylic acids is 1. The fourth-order valence-electron chi connectivity index (χ4n) is 4.20. The number of amides is 2. The fraction of sp³-hybridized carbons (Fsp3) is 0.125. The molecule has 0 spiro atoms. The topological polar surface area (TPSA) is 90.0 Å². The van der Waals surface area contributed by atoms with Gasteiger partial charge < -0.3 is 9.90 Å². The molecule has 2 saturated heterocycles. The normalized spacial score (nSPS) is 22.6. The van der Waals surface area contributed by atoms with E-state index in [1.165, 1.54) is 24.3 Å². The highest BCUT2D eigenvalue weighted by molar-refractivity contribution is 6.24. The largest absolute Gasteiger partial charge is 0.545 e. The molecule has 7 nitrogen and oxygen atoms in total. The van der Waals surface area contributed by atoms with Gasteiger partial charge >= 0.3 is 0 Å². The van der Waals surface area contributed by atoms with Gasteiger partial charge in [0.05, 0.1) is 23.4 Å². The van der Waals surface area contributed by atoms with Crippen LogP contribution in [0.25, 0.3) is 0 Å². The van der Waals surface area contributed by atoms with Crippen molar-refractivity contribution in [1.29, 1.82) is 0 Å². The number of nitrogens with zero attached hydrogens (tertiary/aromatic N) is 2. The molecule has 2 aliphatic rings. The van der Waals surface area contributed by atoms with Crippen LogP contribution in [0.3, 0.4) is 0 Å². The molecule has 2 heterocycles. The van der Waals surface area contributed by atoms with Crippen molar-refractivity contribution in [3.8, 4) is 0 Å². The van der Waals surface area contributed by atoms with Gasteiger partial charge in [0, 0.05) is 0 Å². The van der Waals surface area contributed by atoms with Gasteiger partial charge in [0.2, 0.25) is 5.91 Å². The molecule has 0 radical (unpaired) electrons. The number of imide groups is 1. The zero-order chi connectivity index (χ0) is 21.5. The van der Waals surface area contributed by atoms with Crippen LogP contribution in [0.2, 0.25) is 0 Å². The monoisotopic (exact) mass is 413 g/mol. The first-order chi connectivity index (χ1) is 15.1. The van der Waals surface area contributed by atoms with E-state index in [-0.39, 0.29) is 11.5 Å². The van der Waals surface area contributed by atoms with Crippen LogP contribution < -0.4 is 15.1 Å². The highest BCUT2D eigenvalue weighted by atomic mass is 16.7. The first-order valence-electron chi connectivity index (χ1n) is 9.81. The Bertz CT molecular complexity index is 1150. The lowest BCUT2D eigenvalue weighted by Crippen LogP contribution is -2.37. The lowest BCUT2D eigenvalue weighted by Gasteiger charge is -2.28. The average molecular weight is 413 g/mol. The molecule has 5 rings (SSSR count). The third-order valence-electron chi connectivity index (χ3n) is 5.63. The molecule has 154 valence electrons. The standard InChI is InChI=1S/C24H18N2O5/c27-22-19-20(15-7-3-1-4-8-15)26(18-9-5-2-6-10-18)31-21(19)23(28)25(22)17-13-11-16(12-14-17)24(29)30/h1-14,19-21H,(H,29,30)/p-1/t19-,20-,21+/m1/s1. The molecule has 0 unspecified atom stereocenters. The number of carbonyl (C=O) groups is 3. The van der Waals surface area contributed by atoms with Gasteiger partial charge in [0.25, 0.3) is 5.91 Å². The first-order valence-corrected chi connectivity index (χ1v) is 9.81. The Morgan fingerprint density at radius 3 is 2.00 bits per heavy atom. The second-order valence-corrected chi connectivity index (χ2v) is 7.41. The van der Waals surface area contributed by atoms with Gasteiger partial charge in [-0.1, -0.05) is 60.7 Å². The maximum absolute atomic E-state index is 13.4. The van der Waals surface area contributed by atoms with Crippen molar-refractivity contribution in [3.63, 3.8) is 0 Å². The number of benzene rings is 3. The minimum absolute atomic E-state index is 0.0308. The predicted octanol–water partition coefficient (Wildman–Crippen LogP) is 2.10. The molecular formula is C24H17N2O5-. The summed E-state index contributed by atoms with van der Waals surface area (Å²) < 4.78 is 0. The summed E-state index contributed by atoms with van der Waals surface area (Å²) in [5.74, 6) is -2.93. The number of carbonyl (C=O) groups excluding carboxylic acids is 3. The van der Waals surface area contributed by atoms with E-state index in [0.717, 1.165) is 16.2 Å². The zero-order valence-corrected chi connectivity index (χ0v) is 16.3. The second-order valence-electron chi connectivity index (χ2n) is 7.41. The van der Waals surface area contributed by atoms with Gasteiger partial charge in [0.1, 0.15) is 5.92 Å². The minimum atomic E-state index is -1.33. The van der Waals surface area contributed by atoms with Crippen LogP contribution in [0.5, 0.6) is 0 Å². The highest BCUT2D eigenvalue weighted by Gasteiger charge is 2.60. The van der Waals surface area contributed by atoms with Crippen molar-refractivity contribution in [2.24, 2.45) is 5.92 Å². The van der Waals surface area contributed by atoms with Gasteiger partial charge in [-0.15, -0.1) is 0 Å². The van der Waals surface area contributed by atoms with Crippen LogP contribution in [-0.4, -0.2) is 23.9 Å². The molecule has 7 heteroatoms. The van der Waals surface area contributed by atoms with E-state index < -0.39 is 29.9 Å². The van der Waals surface area contributed by atoms with E-state index in [9.17, 15) is 19.5 Å². The maximum atomic E-state index is 13.4. The number of anilines is 2. The summed E-state index contributed by atoms with van der Waals surface area (Å²) in [7, 11) is 0. The Labute approximate surface area is 178 Å². The minimum Gasteiger partial charge on any atom is -0.545 e. The molecule has 3 aromatic carbocycles. The van der Waals surface area contributed by atoms with Crippen molar-refractivity contribution in [1.82, 2.24) is 0 Å². The molecule has 0 saturated carbocycles. The Morgan fingerprint density at radius 1 is 0.774 bits per heavy atom. The SMILES string of the molecule is O=C([O-])c1ccc(N2C(=O)[C@H]3[C@H](ON(c4ccccc4)[C@@H]3c3ccccc3)C2=O)cc1. The van der Waals surface area contributed by atoms with E-state index in [4.69, 9.17) is 4.84 Å². The van der Waals surface area contributed by atoms with Crippen molar-refractivity contribution >= 4 is 29.2 Å². The zero-order valence-electron chi connectivity index (χ0n) is 16.3. The number of hydrogen-bond acceptors (Lipinski definition) is 6. The van der Waals surface area contributed by atoms with E-state index in [1.807, 2.05) is 60.7 Å². The lowest BCUT2D eigenvalue weighted by molar-refractivity contribution is -0.255. The van der Waals surface area contributed by atoms with E-state index in [0.29, 0.717) is 5.69 Å². The number of rotatable bonds is 4. The Kier molecular flexibility index (Phi) is 4.52. The predicted molar refractivity (Wildman–Crippen MR) is 110 cm³/mol.